The maximum absolute atomic E-state index is 11.2. The van der Waals surface area contributed by atoms with Gasteiger partial charge in [0.05, 0.1) is 0 Å². The molecule has 0 saturated carbocycles. The highest BCUT2D eigenvalue weighted by atomic mass is 32.2. The lowest BCUT2D eigenvalue weighted by Gasteiger charge is -2.03. The summed E-state index contributed by atoms with van der Waals surface area (Å²) in [5.74, 6) is 0.617. The van der Waals surface area contributed by atoms with Gasteiger partial charge in [0.25, 0.3) is 0 Å². The highest BCUT2D eigenvalue weighted by Crippen LogP contribution is 1.80. The molecule has 0 saturated heterocycles. The first-order valence-electron chi connectivity index (χ1n) is 4.36. The minimum Gasteiger partial charge on any atom is -0.355 e. The quantitative estimate of drug-likeness (QED) is 0.603. The third-order valence-electron chi connectivity index (χ3n) is 1.41. The van der Waals surface area contributed by atoms with Crippen LogP contribution in [0.25, 0.3) is 0 Å². The maximum Gasteiger partial charge on any atom is 0.216 e. The summed E-state index contributed by atoms with van der Waals surface area (Å²) in [5.41, 5.74) is 0. The lowest BCUT2D eigenvalue weighted by Crippen LogP contribution is -2.29. The number of nitrogens with one attached hydrogen (secondary N) is 2. The van der Waals surface area contributed by atoms with Gasteiger partial charge in [0.2, 0.25) is 11.8 Å². The van der Waals surface area contributed by atoms with Crippen molar-refractivity contribution in [3.8, 4) is 0 Å². The van der Waals surface area contributed by atoms with Crippen molar-refractivity contribution >= 4 is 22.6 Å². The van der Waals surface area contributed by atoms with E-state index < -0.39 is 10.8 Å². The van der Waals surface area contributed by atoms with Crippen LogP contribution in [0.5, 0.6) is 0 Å². The molecular weight excluding hydrogens is 204 g/mol. The molecule has 0 aliphatic heterocycles. The number of hydrogen-bond donors (Lipinski definition) is 2. The van der Waals surface area contributed by atoms with Gasteiger partial charge in [-0.25, -0.2) is 0 Å². The van der Waals surface area contributed by atoms with Gasteiger partial charge >= 0.3 is 0 Å². The molecule has 0 aliphatic carbocycles. The van der Waals surface area contributed by atoms with Crippen molar-refractivity contribution in [2.75, 3.05) is 24.6 Å². The van der Waals surface area contributed by atoms with Gasteiger partial charge < -0.3 is 10.6 Å². The van der Waals surface area contributed by atoms with Gasteiger partial charge in [-0.3, -0.25) is 13.8 Å². The number of rotatable bonds is 6. The van der Waals surface area contributed by atoms with Crippen molar-refractivity contribution in [3.05, 3.63) is 0 Å². The molecule has 2 amide bonds. The Morgan fingerprint density at radius 1 is 1.00 bits per heavy atom. The summed E-state index contributed by atoms with van der Waals surface area (Å²) in [5, 5.41) is 5.11. The molecule has 0 aromatic heterocycles. The van der Waals surface area contributed by atoms with Gasteiger partial charge in [-0.2, -0.15) is 0 Å². The first-order chi connectivity index (χ1) is 6.52. The fourth-order valence-electron chi connectivity index (χ4n) is 0.784. The van der Waals surface area contributed by atoms with Crippen molar-refractivity contribution < 1.29 is 13.8 Å². The predicted molar refractivity (Wildman–Crippen MR) is 55.2 cm³/mol. The molecule has 2 N–H and O–H groups in total. The van der Waals surface area contributed by atoms with Gasteiger partial charge in [-0.05, 0) is 0 Å². The van der Waals surface area contributed by atoms with Crippen molar-refractivity contribution in [2.45, 2.75) is 13.8 Å². The van der Waals surface area contributed by atoms with Crippen LogP contribution in [0, 0.1) is 0 Å². The van der Waals surface area contributed by atoms with Crippen molar-refractivity contribution in [2.24, 2.45) is 0 Å². The minimum absolute atomic E-state index is 0.121. The van der Waals surface area contributed by atoms with Gasteiger partial charge in [0, 0.05) is 49.2 Å². The zero-order valence-electron chi connectivity index (χ0n) is 8.46. The Labute approximate surface area is 86.1 Å². The topological polar surface area (TPSA) is 75.3 Å². The molecule has 0 radical (unpaired) electrons. The van der Waals surface area contributed by atoms with Crippen LogP contribution in [0.15, 0.2) is 0 Å². The molecule has 0 aromatic rings. The van der Waals surface area contributed by atoms with E-state index in [1.807, 2.05) is 0 Å². The van der Waals surface area contributed by atoms with Crippen LogP contribution in [-0.2, 0) is 20.4 Å². The molecule has 0 aromatic carbocycles. The van der Waals surface area contributed by atoms with E-state index in [2.05, 4.69) is 10.6 Å². The van der Waals surface area contributed by atoms with E-state index in [0.717, 1.165) is 0 Å². The van der Waals surface area contributed by atoms with E-state index in [0.29, 0.717) is 24.6 Å². The van der Waals surface area contributed by atoms with Gasteiger partial charge in [0.15, 0.2) is 0 Å². The average molecular weight is 220 g/mol. The SMILES string of the molecule is CC(=O)NCCS(=O)CCNC(C)=O. The van der Waals surface area contributed by atoms with Crippen LogP contribution in [0.4, 0.5) is 0 Å². The van der Waals surface area contributed by atoms with Crippen LogP contribution in [0.1, 0.15) is 13.8 Å². The second-order valence-electron chi connectivity index (χ2n) is 2.81. The predicted octanol–water partition coefficient (Wildman–Crippen LogP) is -0.993. The van der Waals surface area contributed by atoms with Gasteiger partial charge in [0.1, 0.15) is 0 Å². The molecule has 0 atom stereocenters. The highest BCUT2D eigenvalue weighted by Gasteiger charge is 2.00. The van der Waals surface area contributed by atoms with Crippen molar-refractivity contribution in [1.82, 2.24) is 10.6 Å². The van der Waals surface area contributed by atoms with E-state index in [1.54, 1.807) is 0 Å². The van der Waals surface area contributed by atoms with Gasteiger partial charge in [-0.1, -0.05) is 0 Å². The molecule has 6 heteroatoms. The van der Waals surface area contributed by atoms with Gasteiger partial charge in [-0.15, -0.1) is 0 Å². The molecule has 0 bridgehead atoms. The molecular formula is C8H16N2O3S. The summed E-state index contributed by atoms with van der Waals surface area (Å²) in [6.45, 7) is 3.67. The Morgan fingerprint density at radius 2 is 1.36 bits per heavy atom. The summed E-state index contributed by atoms with van der Waals surface area (Å²) in [7, 11) is -0.982. The second kappa shape index (κ2) is 7.49. The lowest BCUT2D eigenvalue weighted by molar-refractivity contribution is -0.119. The molecule has 0 fully saturated rings. The summed E-state index contributed by atoms with van der Waals surface area (Å²) < 4.78 is 11.2. The molecule has 0 aliphatic rings. The molecule has 82 valence electrons. The first kappa shape index (κ1) is 13.1. The summed E-state index contributed by atoms with van der Waals surface area (Å²) in [4.78, 5) is 20.9. The van der Waals surface area contributed by atoms with Crippen LogP contribution >= 0.6 is 0 Å². The number of hydrogen-bond acceptors (Lipinski definition) is 3. The highest BCUT2D eigenvalue weighted by molar-refractivity contribution is 7.85. The molecule has 0 spiro atoms. The number of amides is 2. The largest absolute Gasteiger partial charge is 0.355 e. The Morgan fingerprint density at radius 3 is 1.64 bits per heavy atom. The first-order valence-corrected chi connectivity index (χ1v) is 5.85. The molecule has 0 unspecified atom stereocenters. The number of carbonyl (C=O) groups is 2. The molecule has 5 nitrogen and oxygen atoms in total. The lowest BCUT2D eigenvalue weighted by atomic mass is 10.6. The third-order valence-corrected chi connectivity index (χ3v) is 2.73. The summed E-state index contributed by atoms with van der Waals surface area (Å²) in [6.07, 6.45) is 0. The minimum atomic E-state index is -0.982. The standard InChI is InChI=1S/C8H16N2O3S/c1-7(11)9-3-5-14(13)6-4-10-8(2)12/h3-6H2,1-2H3,(H,9,11)(H,10,12). The van der Waals surface area contributed by atoms with E-state index in [-0.39, 0.29) is 11.8 Å². The van der Waals surface area contributed by atoms with E-state index in [4.69, 9.17) is 0 Å². The van der Waals surface area contributed by atoms with Crippen LogP contribution in [0.3, 0.4) is 0 Å². The van der Waals surface area contributed by atoms with Crippen molar-refractivity contribution in [3.63, 3.8) is 0 Å². The Bertz CT molecular complexity index is 209. The van der Waals surface area contributed by atoms with E-state index >= 15 is 0 Å². The molecule has 0 rings (SSSR count). The van der Waals surface area contributed by atoms with E-state index in [1.165, 1.54) is 13.8 Å². The zero-order chi connectivity index (χ0) is 11.0. The maximum atomic E-state index is 11.2. The third kappa shape index (κ3) is 9.18. The Balaban J connectivity index is 3.37. The molecule has 14 heavy (non-hydrogen) atoms. The Kier molecular flexibility index (Phi) is 7.00. The fraction of sp³-hybridized carbons (Fsp3) is 0.750. The van der Waals surface area contributed by atoms with Crippen LogP contribution in [-0.4, -0.2) is 40.6 Å². The van der Waals surface area contributed by atoms with E-state index in [9.17, 15) is 13.8 Å². The average Bonchev–Trinajstić information content (AvgIpc) is 2.02. The Hall–Kier alpha value is -0.910. The fourth-order valence-corrected chi connectivity index (χ4v) is 1.65. The normalized spacial score (nSPS) is 9.93. The van der Waals surface area contributed by atoms with Crippen LogP contribution in [0.2, 0.25) is 0 Å². The summed E-state index contributed by atoms with van der Waals surface area (Å²) in [6, 6.07) is 0. The number of carbonyl (C=O) groups excluding carboxylic acids is 2. The second-order valence-corrected chi connectivity index (χ2v) is 4.51. The smallest absolute Gasteiger partial charge is 0.216 e. The monoisotopic (exact) mass is 220 g/mol. The van der Waals surface area contributed by atoms with Crippen LogP contribution < -0.4 is 10.6 Å². The summed E-state index contributed by atoms with van der Waals surface area (Å²) >= 11 is 0. The van der Waals surface area contributed by atoms with Crippen molar-refractivity contribution in [1.29, 1.82) is 0 Å². The zero-order valence-corrected chi connectivity index (χ0v) is 9.28. The molecule has 0 heterocycles.